The molecule has 21 heavy (non-hydrogen) atoms. The maximum Gasteiger partial charge on any atom is 0.280 e. The average Bonchev–Trinajstić information content (AvgIpc) is 2.46. The highest BCUT2D eigenvalue weighted by Gasteiger charge is 2.17. The van der Waals surface area contributed by atoms with E-state index in [0.717, 1.165) is 6.07 Å². The molecule has 1 aromatic heterocycles. The lowest BCUT2D eigenvalue weighted by molar-refractivity contribution is -0.384. The van der Waals surface area contributed by atoms with E-state index in [4.69, 9.17) is 11.0 Å². The summed E-state index contributed by atoms with van der Waals surface area (Å²) in [6.45, 7) is 0. The number of rotatable bonds is 3. The third-order valence-electron chi connectivity index (χ3n) is 2.79. The van der Waals surface area contributed by atoms with E-state index in [1.165, 1.54) is 24.3 Å². The zero-order valence-electron chi connectivity index (χ0n) is 10.5. The Morgan fingerprint density at radius 2 is 1.95 bits per heavy atom. The number of aromatic nitrogens is 1. The molecule has 0 fully saturated rings. The lowest BCUT2D eigenvalue weighted by Gasteiger charge is -2.09. The molecule has 0 amide bonds. The van der Waals surface area contributed by atoms with Crippen LogP contribution < -0.4 is 5.73 Å². The lowest BCUT2D eigenvalue weighted by Crippen LogP contribution is -2.02. The SMILES string of the molecule is N#Cc1c(-c2ccc([N+](=O)[O-])cc2)cc(C(F)F)nc1N. The molecule has 2 aromatic rings. The first kappa shape index (κ1) is 14.3. The second-order valence-electron chi connectivity index (χ2n) is 4.07. The summed E-state index contributed by atoms with van der Waals surface area (Å²) >= 11 is 0. The summed E-state index contributed by atoms with van der Waals surface area (Å²) in [5.74, 6) is -0.302. The molecule has 8 heteroatoms. The van der Waals surface area contributed by atoms with Gasteiger partial charge in [0.15, 0.2) is 0 Å². The van der Waals surface area contributed by atoms with Crippen LogP contribution in [0.2, 0.25) is 0 Å². The summed E-state index contributed by atoms with van der Waals surface area (Å²) in [4.78, 5) is 13.5. The number of nitriles is 1. The fourth-order valence-electron chi connectivity index (χ4n) is 1.80. The molecule has 0 radical (unpaired) electrons. The third kappa shape index (κ3) is 2.76. The van der Waals surface area contributed by atoms with Crippen molar-refractivity contribution in [3.63, 3.8) is 0 Å². The Balaban J connectivity index is 2.61. The number of nitro benzene ring substituents is 1. The number of non-ortho nitro benzene ring substituents is 1. The smallest absolute Gasteiger partial charge is 0.280 e. The Labute approximate surface area is 117 Å². The molecule has 0 saturated carbocycles. The summed E-state index contributed by atoms with van der Waals surface area (Å²) in [6, 6.07) is 8.02. The third-order valence-corrected chi connectivity index (χ3v) is 2.79. The van der Waals surface area contributed by atoms with Gasteiger partial charge in [-0.05, 0) is 23.8 Å². The lowest BCUT2D eigenvalue weighted by atomic mass is 10.00. The van der Waals surface area contributed by atoms with Gasteiger partial charge in [0.05, 0.1) is 4.92 Å². The van der Waals surface area contributed by atoms with Crippen molar-refractivity contribution in [3.8, 4) is 17.2 Å². The van der Waals surface area contributed by atoms with Gasteiger partial charge in [-0.1, -0.05) is 0 Å². The van der Waals surface area contributed by atoms with Crippen LogP contribution in [0.4, 0.5) is 20.3 Å². The summed E-state index contributed by atoms with van der Waals surface area (Å²) in [5.41, 5.74) is 5.29. The van der Waals surface area contributed by atoms with Crippen molar-refractivity contribution in [3.05, 3.63) is 51.7 Å². The van der Waals surface area contributed by atoms with Crippen LogP contribution in [-0.4, -0.2) is 9.91 Å². The molecule has 0 aliphatic heterocycles. The maximum absolute atomic E-state index is 12.8. The van der Waals surface area contributed by atoms with Crippen LogP contribution in [-0.2, 0) is 0 Å². The van der Waals surface area contributed by atoms with Crippen LogP contribution in [0.1, 0.15) is 17.7 Å². The number of nitro groups is 1. The van der Waals surface area contributed by atoms with E-state index in [-0.39, 0.29) is 22.6 Å². The molecular formula is C13H8F2N4O2. The van der Waals surface area contributed by atoms with Gasteiger partial charge < -0.3 is 5.73 Å². The zero-order valence-corrected chi connectivity index (χ0v) is 10.5. The molecule has 0 unspecified atom stereocenters. The van der Waals surface area contributed by atoms with Crippen LogP contribution in [0.3, 0.4) is 0 Å². The first-order valence-electron chi connectivity index (χ1n) is 5.67. The minimum Gasteiger partial charge on any atom is -0.383 e. The second kappa shape index (κ2) is 5.50. The highest BCUT2D eigenvalue weighted by atomic mass is 19.3. The van der Waals surface area contributed by atoms with Crippen molar-refractivity contribution in [1.82, 2.24) is 4.98 Å². The van der Waals surface area contributed by atoms with E-state index in [0.29, 0.717) is 5.56 Å². The molecule has 1 aromatic carbocycles. The van der Waals surface area contributed by atoms with Crippen molar-refractivity contribution in [2.45, 2.75) is 6.43 Å². The van der Waals surface area contributed by atoms with Crippen molar-refractivity contribution < 1.29 is 13.7 Å². The Morgan fingerprint density at radius 1 is 1.33 bits per heavy atom. The molecule has 106 valence electrons. The molecule has 0 aliphatic rings. The normalized spacial score (nSPS) is 10.4. The number of halogens is 2. The van der Waals surface area contributed by atoms with Crippen LogP contribution in [0, 0.1) is 21.4 Å². The van der Waals surface area contributed by atoms with E-state index in [1.807, 2.05) is 0 Å². The number of pyridine rings is 1. The molecule has 1 heterocycles. The van der Waals surface area contributed by atoms with E-state index >= 15 is 0 Å². The number of alkyl halides is 2. The minimum absolute atomic E-state index is 0.0479. The first-order chi connectivity index (χ1) is 9.93. The standard InChI is InChI=1S/C13H8F2N4O2/c14-12(15)11-5-9(10(6-16)13(17)18-11)7-1-3-8(4-2-7)19(20)21/h1-5,12H,(H2,17,18). The minimum atomic E-state index is -2.84. The van der Waals surface area contributed by atoms with Crippen molar-refractivity contribution in [2.75, 3.05) is 5.73 Å². The molecule has 0 saturated heterocycles. The summed E-state index contributed by atoms with van der Waals surface area (Å²) in [5, 5.41) is 19.7. The first-order valence-corrected chi connectivity index (χ1v) is 5.67. The molecule has 2 rings (SSSR count). The van der Waals surface area contributed by atoms with Crippen LogP contribution in [0.5, 0.6) is 0 Å². The number of hydrogen-bond donors (Lipinski definition) is 1. The summed E-state index contributed by atoms with van der Waals surface area (Å²) < 4.78 is 25.5. The van der Waals surface area contributed by atoms with Gasteiger partial charge in [0.1, 0.15) is 23.1 Å². The molecule has 6 nitrogen and oxygen atoms in total. The highest BCUT2D eigenvalue weighted by Crippen LogP contribution is 2.31. The van der Waals surface area contributed by atoms with Crippen LogP contribution in [0.25, 0.3) is 11.1 Å². The maximum atomic E-state index is 12.8. The zero-order chi connectivity index (χ0) is 15.6. The van der Waals surface area contributed by atoms with E-state index < -0.39 is 17.0 Å². The van der Waals surface area contributed by atoms with E-state index in [2.05, 4.69) is 4.98 Å². The second-order valence-corrected chi connectivity index (χ2v) is 4.07. The van der Waals surface area contributed by atoms with E-state index in [9.17, 15) is 18.9 Å². The fraction of sp³-hybridized carbons (Fsp3) is 0.0769. The molecule has 0 spiro atoms. The van der Waals surface area contributed by atoms with Gasteiger partial charge in [-0.2, -0.15) is 5.26 Å². The van der Waals surface area contributed by atoms with Gasteiger partial charge in [0.25, 0.3) is 12.1 Å². The number of nitrogens with zero attached hydrogens (tertiary/aromatic N) is 3. The number of benzene rings is 1. The van der Waals surface area contributed by atoms with E-state index in [1.54, 1.807) is 6.07 Å². The number of hydrogen-bond acceptors (Lipinski definition) is 5. The van der Waals surface area contributed by atoms with Gasteiger partial charge in [-0.15, -0.1) is 0 Å². The van der Waals surface area contributed by atoms with Gasteiger partial charge in [0, 0.05) is 17.7 Å². The molecular weight excluding hydrogens is 282 g/mol. The number of anilines is 1. The van der Waals surface area contributed by atoms with Gasteiger partial charge in [0.2, 0.25) is 0 Å². The topological polar surface area (TPSA) is 106 Å². The Hall–Kier alpha value is -3.08. The summed E-state index contributed by atoms with van der Waals surface area (Å²) in [6.07, 6.45) is -2.84. The summed E-state index contributed by atoms with van der Waals surface area (Å²) in [7, 11) is 0. The largest absolute Gasteiger partial charge is 0.383 e. The predicted molar refractivity (Wildman–Crippen MR) is 70.4 cm³/mol. The van der Waals surface area contributed by atoms with Crippen molar-refractivity contribution in [2.24, 2.45) is 0 Å². The van der Waals surface area contributed by atoms with Crippen LogP contribution in [0.15, 0.2) is 30.3 Å². The predicted octanol–water partition coefficient (Wildman–Crippen LogP) is 3.05. The Bertz CT molecular complexity index is 739. The van der Waals surface area contributed by atoms with Crippen molar-refractivity contribution >= 4 is 11.5 Å². The average molecular weight is 290 g/mol. The Morgan fingerprint density at radius 3 is 2.43 bits per heavy atom. The highest BCUT2D eigenvalue weighted by molar-refractivity contribution is 5.76. The molecule has 2 N–H and O–H groups in total. The van der Waals surface area contributed by atoms with Crippen LogP contribution >= 0.6 is 0 Å². The fourth-order valence-corrected chi connectivity index (χ4v) is 1.80. The number of nitrogens with two attached hydrogens (primary N) is 1. The monoisotopic (exact) mass is 290 g/mol. The number of nitrogen functional groups attached to an aromatic ring is 1. The molecule has 0 aliphatic carbocycles. The molecule has 0 bridgehead atoms. The van der Waals surface area contributed by atoms with Gasteiger partial charge in [-0.25, -0.2) is 13.8 Å². The quantitative estimate of drug-likeness (QED) is 0.690. The van der Waals surface area contributed by atoms with Gasteiger partial charge >= 0.3 is 0 Å². The van der Waals surface area contributed by atoms with Gasteiger partial charge in [-0.3, -0.25) is 10.1 Å². The van der Waals surface area contributed by atoms with Crippen molar-refractivity contribution in [1.29, 1.82) is 5.26 Å². The molecule has 0 atom stereocenters. The Kier molecular flexibility index (Phi) is 3.75.